The number of amides is 1. The zero-order valence-corrected chi connectivity index (χ0v) is 18.1. The van der Waals surface area contributed by atoms with Crippen LogP contribution in [-0.4, -0.2) is 50.8 Å². The molecule has 1 atom stereocenters. The summed E-state index contributed by atoms with van der Waals surface area (Å²) < 4.78 is 32.5. The van der Waals surface area contributed by atoms with Gasteiger partial charge in [0.2, 0.25) is 15.9 Å². The third-order valence-corrected chi connectivity index (χ3v) is 7.27. The summed E-state index contributed by atoms with van der Waals surface area (Å²) in [6, 6.07) is 13.7. The van der Waals surface area contributed by atoms with Crippen LogP contribution >= 0.6 is 11.6 Å². The predicted molar refractivity (Wildman–Crippen MR) is 112 cm³/mol. The van der Waals surface area contributed by atoms with Crippen molar-refractivity contribution in [1.82, 2.24) is 9.21 Å². The molecule has 156 valence electrons. The molecule has 1 aliphatic rings. The monoisotopic (exact) mass is 436 g/mol. The molecule has 0 unspecified atom stereocenters. The maximum Gasteiger partial charge on any atom is 0.243 e. The van der Waals surface area contributed by atoms with Gasteiger partial charge in [0, 0.05) is 31.7 Å². The molecule has 0 spiro atoms. The largest absolute Gasteiger partial charge is 0.497 e. The summed E-state index contributed by atoms with van der Waals surface area (Å²) in [5.41, 5.74) is 0.976. The Labute approximate surface area is 177 Å². The van der Waals surface area contributed by atoms with Crippen LogP contribution in [0.2, 0.25) is 5.02 Å². The van der Waals surface area contributed by atoms with Crippen molar-refractivity contribution >= 4 is 27.5 Å². The quantitative estimate of drug-likeness (QED) is 0.696. The van der Waals surface area contributed by atoms with E-state index in [1.165, 1.54) is 23.5 Å². The van der Waals surface area contributed by atoms with E-state index in [2.05, 4.69) is 0 Å². The van der Waals surface area contributed by atoms with Gasteiger partial charge >= 0.3 is 0 Å². The van der Waals surface area contributed by atoms with Gasteiger partial charge in [-0.1, -0.05) is 23.7 Å². The highest BCUT2D eigenvalue weighted by Gasteiger charge is 2.34. The van der Waals surface area contributed by atoms with Gasteiger partial charge in [0.15, 0.2) is 0 Å². The minimum absolute atomic E-state index is 0.0467. The molecule has 1 aliphatic heterocycles. The summed E-state index contributed by atoms with van der Waals surface area (Å²) in [5.74, 6) is 0.197. The second kappa shape index (κ2) is 9.15. The lowest BCUT2D eigenvalue weighted by molar-refractivity contribution is -0.135. The molecular weight excluding hydrogens is 412 g/mol. The van der Waals surface area contributed by atoms with E-state index < -0.39 is 10.0 Å². The van der Waals surface area contributed by atoms with Gasteiger partial charge in [-0.25, -0.2) is 8.42 Å². The number of methoxy groups -OCH3 is 1. The molecule has 1 fully saturated rings. The number of benzene rings is 2. The highest BCUT2D eigenvalue weighted by Crippen LogP contribution is 2.26. The maximum absolute atomic E-state index is 13.0. The fraction of sp³-hybridized carbons (Fsp3) is 0.381. The lowest BCUT2D eigenvalue weighted by atomic mass is 9.98. The number of rotatable bonds is 6. The Balaban J connectivity index is 1.68. The lowest BCUT2D eigenvalue weighted by Gasteiger charge is -2.33. The van der Waals surface area contributed by atoms with Gasteiger partial charge in [-0.15, -0.1) is 0 Å². The Kier molecular flexibility index (Phi) is 6.82. The van der Waals surface area contributed by atoms with Crippen molar-refractivity contribution < 1.29 is 17.9 Å². The smallest absolute Gasteiger partial charge is 0.243 e. The van der Waals surface area contributed by atoms with E-state index in [0.717, 1.165) is 5.56 Å². The Hall–Kier alpha value is -2.09. The van der Waals surface area contributed by atoms with Crippen molar-refractivity contribution in [1.29, 1.82) is 0 Å². The topological polar surface area (TPSA) is 66.9 Å². The summed E-state index contributed by atoms with van der Waals surface area (Å²) in [7, 11) is -0.374. The summed E-state index contributed by atoms with van der Waals surface area (Å²) in [6.45, 7) is 1.06. The number of hydrogen-bond donors (Lipinski definition) is 0. The van der Waals surface area contributed by atoms with Crippen LogP contribution in [0.4, 0.5) is 0 Å². The van der Waals surface area contributed by atoms with Gasteiger partial charge in [0.05, 0.1) is 17.9 Å². The molecule has 0 radical (unpaired) electrons. The van der Waals surface area contributed by atoms with Crippen LogP contribution in [0, 0.1) is 5.92 Å². The van der Waals surface area contributed by atoms with Crippen LogP contribution in [0.3, 0.4) is 0 Å². The van der Waals surface area contributed by atoms with Crippen LogP contribution in [0.25, 0.3) is 0 Å². The second-order valence-electron chi connectivity index (χ2n) is 7.20. The molecule has 0 N–H and O–H groups in total. The minimum Gasteiger partial charge on any atom is -0.497 e. The fourth-order valence-electron chi connectivity index (χ4n) is 3.51. The molecule has 1 heterocycles. The molecule has 0 aliphatic carbocycles. The molecule has 0 bridgehead atoms. The number of ether oxygens (including phenoxy) is 1. The number of nitrogens with zero attached hydrogens (tertiary/aromatic N) is 2. The number of hydrogen-bond acceptors (Lipinski definition) is 4. The number of piperidine rings is 1. The zero-order chi connectivity index (χ0) is 21.0. The van der Waals surface area contributed by atoms with Crippen LogP contribution in [0.15, 0.2) is 53.4 Å². The molecule has 6 nitrogen and oxygen atoms in total. The molecule has 8 heteroatoms. The number of carbonyl (C=O) groups excluding carboxylic acids is 1. The van der Waals surface area contributed by atoms with Crippen molar-refractivity contribution in [3.63, 3.8) is 0 Å². The zero-order valence-electron chi connectivity index (χ0n) is 16.5. The Bertz CT molecular complexity index is 946. The van der Waals surface area contributed by atoms with Crippen molar-refractivity contribution in [3.8, 4) is 5.75 Å². The van der Waals surface area contributed by atoms with Gasteiger partial charge in [-0.3, -0.25) is 4.79 Å². The first-order chi connectivity index (χ1) is 13.8. The minimum atomic E-state index is -3.65. The van der Waals surface area contributed by atoms with Gasteiger partial charge in [-0.05, 0) is 54.8 Å². The van der Waals surface area contributed by atoms with E-state index in [1.54, 1.807) is 36.2 Å². The third kappa shape index (κ3) is 5.10. The third-order valence-electron chi connectivity index (χ3n) is 5.14. The van der Waals surface area contributed by atoms with E-state index in [9.17, 15) is 13.2 Å². The molecule has 2 aromatic carbocycles. The summed E-state index contributed by atoms with van der Waals surface area (Å²) in [5, 5.41) is 0.648. The molecular formula is C21H25ClN2O4S. The number of sulfonamides is 1. The van der Waals surface area contributed by atoms with Crippen LogP contribution < -0.4 is 4.74 Å². The molecule has 3 rings (SSSR count). The van der Waals surface area contributed by atoms with Crippen LogP contribution in [0.1, 0.15) is 18.4 Å². The van der Waals surface area contributed by atoms with Crippen molar-refractivity contribution in [3.05, 3.63) is 59.1 Å². The molecule has 1 amide bonds. The van der Waals surface area contributed by atoms with Gasteiger partial charge in [0.25, 0.3) is 0 Å². The molecule has 0 aromatic heterocycles. The SMILES string of the molecule is COc1ccc(S(=O)(=O)N2CCC[C@@H](C(=O)N(C)Cc3ccc(Cl)cc3)C2)cc1. The molecule has 2 aromatic rings. The first kappa shape index (κ1) is 21.6. The van der Waals surface area contributed by atoms with E-state index >= 15 is 0 Å². The van der Waals surface area contributed by atoms with Crippen molar-refractivity contribution in [2.24, 2.45) is 5.92 Å². The van der Waals surface area contributed by atoms with E-state index in [-0.39, 0.29) is 23.3 Å². The standard InChI is InChI=1S/C21H25ClN2O4S/c1-23(14-16-5-7-18(22)8-6-16)21(25)17-4-3-13-24(15-17)29(26,27)20-11-9-19(28-2)10-12-20/h5-12,17H,3-4,13-15H2,1-2H3/t17-/m1/s1. The van der Waals surface area contributed by atoms with Crippen molar-refractivity contribution in [2.75, 3.05) is 27.2 Å². The van der Waals surface area contributed by atoms with Crippen LogP contribution in [0.5, 0.6) is 5.75 Å². The average molecular weight is 437 g/mol. The van der Waals surface area contributed by atoms with Crippen LogP contribution in [-0.2, 0) is 21.4 Å². The summed E-state index contributed by atoms with van der Waals surface area (Å²) in [6.07, 6.45) is 1.33. The molecule has 29 heavy (non-hydrogen) atoms. The first-order valence-corrected chi connectivity index (χ1v) is 11.3. The summed E-state index contributed by atoms with van der Waals surface area (Å²) >= 11 is 5.91. The number of halogens is 1. The maximum atomic E-state index is 13.0. The van der Waals surface area contributed by atoms with Crippen molar-refractivity contribution in [2.45, 2.75) is 24.3 Å². The molecule has 0 saturated carbocycles. The fourth-order valence-corrected chi connectivity index (χ4v) is 5.16. The van der Waals surface area contributed by atoms with E-state index in [4.69, 9.17) is 16.3 Å². The predicted octanol–water partition coefficient (Wildman–Crippen LogP) is 3.41. The van der Waals surface area contributed by atoms with Gasteiger partial charge < -0.3 is 9.64 Å². The van der Waals surface area contributed by atoms with Gasteiger partial charge in [-0.2, -0.15) is 4.31 Å². The molecule has 1 saturated heterocycles. The second-order valence-corrected chi connectivity index (χ2v) is 9.57. The average Bonchev–Trinajstić information content (AvgIpc) is 2.75. The highest BCUT2D eigenvalue weighted by atomic mass is 35.5. The highest BCUT2D eigenvalue weighted by molar-refractivity contribution is 7.89. The summed E-state index contributed by atoms with van der Waals surface area (Å²) in [4.78, 5) is 14.8. The normalized spacial score (nSPS) is 17.7. The van der Waals surface area contributed by atoms with E-state index in [0.29, 0.717) is 36.7 Å². The lowest BCUT2D eigenvalue weighted by Crippen LogP contribution is -2.45. The van der Waals surface area contributed by atoms with Gasteiger partial charge in [0.1, 0.15) is 5.75 Å². The first-order valence-electron chi connectivity index (χ1n) is 9.45. The number of carbonyl (C=O) groups is 1. The Morgan fingerprint density at radius 1 is 1.17 bits per heavy atom. The Morgan fingerprint density at radius 2 is 1.83 bits per heavy atom. The van der Waals surface area contributed by atoms with E-state index in [1.807, 2.05) is 12.1 Å². The Morgan fingerprint density at radius 3 is 2.45 bits per heavy atom.